The van der Waals surface area contributed by atoms with Crippen LogP contribution in [0.25, 0.3) is 20.8 Å². The van der Waals surface area contributed by atoms with E-state index in [1.165, 1.54) is 12.0 Å². The lowest BCUT2D eigenvalue weighted by Crippen LogP contribution is -2.46. The van der Waals surface area contributed by atoms with Crippen molar-refractivity contribution in [3.8, 4) is 10.6 Å². The van der Waals surface area contributed by atoms with Crippen molar-refractivity contribution in [2.75, 3.05) is 12.0 Å². The second-order valence-electron chi connectivity index (χ2n) is 6.37. The molecule has 1 aromatic carbocycles. The zero-order valence-electron chi connectivity index (χ0n) is 14.1. The molecule has 3 aromatic rings. The summed E-state index contributed by atoms with van der Waals surface area (Å²) in [5, 5.41) is 0.913. The molecule has 0 aliphatic carbocycles. The molecule has 0 aliphatic rings. The number of carbonyl (C=O) groups is 1. The first-order valence-electron chi connectivity index (χ1n) is 7.60. The third-order valence-electron chi connectivity index (χ3n) is 3.55. The van der Waals surface area contributed by atoms with Gasteiger partial charge >= 0.3 is 6.09 Å². The number of carbonyl (C=O) groups excluding carboxylic acids is 1. The molecule has 5 nitrogen and oxygen atoms in total. The maximum atomic E-state index is 12.1. The van der Waals surface area contributed by atoms with Crippen molar-refractivity contribution in [1.82, 2.24) is 9.97 Å². The Labute approximate surface area is 144 Å². The number of thiazole rings is 1. The molecule has 0 N–H and O–H groups in total. The Morgan fingerprint density at radius 3 is 2.50 bits per heavy atom. The highest BCUT2D eigenvalue weighted by molar-refractivity contribution is 7.21. The molecule has 0 radical (unpaired) electrons. The van der Waals surface area contributed by atoms with Crippen LogP contribution >= 0.6 is 11.3 Å². The number of benzene rings is 1. The second-order valence-corrected chi connectivity index (χ2v) is 7.40. The average molecular weight is 341 g/mol. The van der Waals surface area contributed by atoms with Gasteiger partial charge in [-0.1, -0.05) is 12.1 Å². The van der Waals surface area contributed by atoms with Gasteiger partial charge in [-0.25, -0.2) is 14.8 Å². The molecule has 0 atom stereocenters. The molecule has 0 fully saturated rings. The van der Waals surface area contributed by atoms with Crippen molar-refractivity contribution >= 4 is 33.5 Å². The average Bonchev–Trinajstić information content (AvgIpc) is 2.98. The minimum absolute atomic E-state index is 0.428. The molecule has 124 valence electrons. The van der Waals surface area contributed by atoms with Crippen LogP contribution in [-0.4, -0.2) is 28.7 Å². The topological polar surface area (TPSA) is 55.3 Å². The van der Waals surface area contributed by atoms with Gasteiger partial charge in [-0.2, -0.15) is 0 Å². The van der Waals surface area contributed by atoms with Crippen LogP contribution in [0.3, 0.4) is 0 Å². The first kappa shape index (κ1) is 16.4. The maximum absolute atomic E-state index is 12.1. The molecule has 0 bridgehead atoms. The number of amides is 1. The SMILES string of the molecule is COC(=O)N(c1ccc(-c2nc3ccccc3s2)cn1)C(C)(C)C. The Kier molecular flexibility index (Phi) is 4.24. The minimum atomic E-state index is -0.433. The molecule has 0 aliphatic heterocycles. The van der Waals surface area contributed by atoms with E-state index in [0.717, 1.165) is 20.8 Å². The molecule has 0 saturated heterocycles. The van der Waals surface area contributed by atoms with E-state index in [-0.39, 0.29) is 0 Å². The number of hydrogen-bond donors (Lipinski definition) is 0. The summed E-state index contributed by atoms with van der Waals surface area (Å²) in [6.07, 6.45) is 1.32. The Balaban J connectivity index is 1.96. The predicted molar refractivity (Wildman–Crippen MR) is 97.5 cm³/mol. The fourth-order valence-electron chi connectivity index (χ4n) is 2.44. The largest absolute Gasteiger partial charge is 0.452 e. The fourth-order valence-corrected chi connectivity index (χ4v) is 3.40. The highest BCUT2D eigenvalue weighted by Crippen LogP contribution is 2.31. The Morgan fingerprint density at radius 1 is 1.17 bits per heavy atom. The predicted octanol–water partition coefficient (Wildman–Crippen LogP) is 4.73. The first-order valence-corrected chi connectivity index (χ1v) is 8.42. The van der Waals surface area contributed by atoms with E-state index in [1.807, 2.05) is 51.1 Å². The van der Waals surface area contributed by atoms with Gasteiger partial charge in [-0.3, -0.25) is 4.90 Å². The van der Waals surface area contributed by atoms with Crippen LogP contribution in [-0.2, 0) is 4.74 Å². The van der Waals surface area contributed by atoms with E-state index in [4.69, 9.17) is 4.74 Å². The van der Waals surface area contributed by atoms with Gasteiger partial charge in [0.25, 0.3) is 0 Å². The number of nitrogens with zero attached hydrogens (tertiary/aromatic N) is 3. The second kappa shape index (κ2) is 6.20. The van der Waals surface area contributed by atoms with Crippen LogP contribution in [0.2, 0.25) is 0 Å². The molecule has 0 spiro atoms. The summed E-state index contributed by atoms with van der Waals surface area (Å²) in [4.78, 5) is 22.7. The van der Waals surface area contributed by atoms with Gasteiger partial charge in [0.05, 0.1) is 17.3 Å². The van der Waals surface area contributed by atoms with Crippen LogP contribution in [0.5, 0.6) is 0 Å². The van der Waals surface area contributed by atoms with Gasteiger partial charge in [-0.15, -0.1) is 11.3 Å². The van der Waals surface area contributed by atoms with Crippen molar-refractivity contribution < 1.29 is 9.53 Å². The molecule has 3 rings (SSSR count). The van der Waals surface area contributed by atoms with Gasteiger partial charge in [0.15, 0.2) is 0 Å². The van der Waals surface area contributed by atoms with Crippen molar-refractivity contribution in [3.05, 3.63) is 42.6 Å². The van der Waals surface area contributed by atoms with Crippen LogP contribution in [0.4, 0.5) is 10.6 Å². The molecule has 24 heavy (non-hydrogen) atoms. The highest BCUT2D eigenvalue weighted by Gasteiger charge is 2.30. The summed E-state index contributed by atoms with van der Waals surface area (Å²) in [6, 6.07) is 11.8. The van der Waals surface area contributed by atoms with Crippen LogP contribution in [0.1, 0.15) is 20.8 Å². The van der Waals surface area contributed by atoms with Gasteiger partial charge in [0.2, 0.25) is 0 Å². The molecular weight excluding hydrogens is 322 g/mol. The molecule has 1 amide bonds. The van der Waals surface area contributed by atoms with E-state index in [1.54, 1.807) is 17.5 Å². The zero-order chi connectivity index (χ0) is 17.3. The lowest BCUT2D eigenvalue weighted by molar-refractivity contribution is 0.172. The summed E-state index contributed by atoms with van der Waals surface area (Å²) in [7, 11) is 1.37. The molecular formula is C18H19N3O2S. The number of methoxy groups -OCH3 is 1. The third-order valence-corrected chi connectivity index (χ3v) is 4.63. The van der Waals surface area contributed by atoms with Crippen molar-refractivity contribution in [1.29, 1.82) is 0 Å². The number of aromatic nitrogens is 2. The smallest absolute Gasteiger partial charge is 0.415 e. The number of fused-ring (bicyclic) bond motifs is 1. The molecule has 0 unspecified atom stereocenters. The Morgan fingerprint density at radius 2 is 1.92 bits per heavy atom. The number of anilines is 1. The third kappa shape index (κ3) is 3.10. The number of hydrogen-bond acceptors (Lipinski definition) is 5. The standard InChI is InChI=1S/C18H19N3O2S/c1-18(2,3)21(17(22)23-4)15-10-9-12(11-19-15)16-20-13-7-5-6-8-14(13)24-16/h5-11H,1-4H3. The van der Waals surface area contributed by atoms with Gasteiger partial charge < -0.3 is 4.74 Å². The van der Waals surface area contributed by atoms with E-state index in [2.05, 4.69) is 16.0 Å². The van der Waals surface area contributed by atoms with Crippen LogP contribution in [0.15, 0.2) is 42.6 Å². The van der Waals surface area contributed by atoms with E-state index < -0.39 is 11.6 Å². The molecule has 2 heterocycles. The number of para-hydroxylation sites is 1. The molecule has 0 saturated carbocycles. The first-order chi connectivity index (χ1) is 11.4. The summed E-state index contributed by atoms with van der Waals surface area (Å²) in [5.74, 6) is 0.555. The monoisotopic (exact) mass is 341 g/mol. The molecule has 2 aromatic heterocycles. The summed E-state index contributed by atoms with van der Waals surface area (Å²) < 4.78 is 6.03. The van der Waals surface area contributed by atoms with Crippen molar-refractivity contribution in [2.24, 2.45) is 0 Å². The quantitative estimate of drug-likeness (QED) is 0.676. The van der Waals surface area contributed by atoms with Gasteiger partial charge in [0.1, 0.15) is 10.8 Å². The lowest BCUT2D eigenvalue weighted by atomic mass is 10.1. The van der Waals surface area contributed by atoms with Gasteiger partial charge in [-0.05, 0) is 45.0 Å². The summed E-state index contributed by atoms with van der Waals surface area (Å²) in [6.45, 7) is 5.81. The highest BCUT2D eigenvalue weighted by atomic mass is 32.1. The van der Waals surface area contributed by atoms with Crippen molar-refractivity contribution in [3.63, 3.8) is 0 Å². The van der Waals surface area contributed by atoms with E-state index in [0.29, 0.717) is 5.82 Å². The van der Waals surface area contributed by atoms with E-state index >= 15 is 0 Å². The number of rotatable bonds is 2. The van der Waals surface area contributed by atoms with Crippen LogP contribution in [0, 0.1) is 0 Å². The summed E-state index contributed by atoms with van der Waals surface area (Å²) in [5.41, 5.74) is 1.48. The molecule has 6 heteroatoms. The number of ether oxygens (including phenoxy) is 1. The lowest BCUT2D eigenvalue weighted by Gasteiger charge is -2.33. The Hall–Kier alpha value is -2.47. The maximum Gasteiger partial charge on any atom is 0.415 e. The summed E-state index contributed by atoms with van der Waals surface area (Å²) >= 11 is 1.62. The zero-order valence-corrected chi connectivity index (χ0v) is 14.9. The Bertz CT molecular complexity index is 833. The number of pyridine rings is 1. The van der Waals surface area contributed by atoms with E-state index in [9.17, 15) is 4.79 Å². The normalized spacial score (nSPS) is 11.5. The minimum Gasteiger partial charge on any atom is -0.452 e. The van der Waals surface area contributed by atoms with Crippen LogP contribution < -0.4 is 4.90 Å². The van der Waals surface area contributed by atoms with Crippen molar-refractivity contribution in [2.45, 2.75) is 26.3 Å². The van der Waals surface area contributed by atoms with Gasteiger partial charge in [0, 0.05) is 17.3 Å². The fraction of sp³-hybridized carbons (Fsp3) is 0.278.